The molecule has 0 spiro atoms. The summed E-state index contributed by atoms with van der Waals surface area (Å²) in [6.07, 6.45) is 3.77. The lowest BCUT2D eigenvalue weighted by molar-refractivity contribution is -0.126. The highest BCUT2D eigenvalue weighted by atomic mass is 35.5. The number of halogens is 2. The number of nitrogens with one attached hydrogen (secondary N) is 1. The van der Waals surface area contributed by atoms with Crippen LogP contribution in [0.2, 0.25) is 5.15 Å². The van der Waals surface area contributed by atoms with E-state index in [9.17, 15) is 17.6 Å². The standard InChI is InChI=1S/C23H27ClFN3O4S/c24-21-20(2-1-11-26-21)33(30,31)28-12-7-17(8-13-28)22(29)27-16-23(9-14-32-15-10-23)18-3-5-19(25)6-4-18/h1-6,11,17H,7-10,12-16H2,(H,27,29). The molecule has 0 unspecified atom stereocenters. The molecule has 2 aromatic rings. The fourth-order valence-electron chi connectivity index (χ4n) is 4.59. The summed E-state index contributed by atoms with van der Waals surface area (Å²) in [5, 5.41) is 3.03. The zero-order valence-electron chi connectivity index (χ0n) is 18.2. The van der Waals surface area contributed by atoms with Crippen LogP contribution < -0.4 is 5.32 Å². The molecule has 0 saturated carbocycles. The van der Waals surface area contributed by atoms with E-state index in [0.717, 1.165) is 18.4 Å². The molecular weight excluding hydrogens is 469 g/mol. The van der Waals surface area contributed by atoms with Gasteiger partial charge in [0.1, 0.15) is 15.9 Å². The molecule has 3 heterocycles. The quantitative estimate of drug-likeness (QED) is 0.622. The Morgan fingerprint density at radius 1 is 1.18 bits per heavy atom. The summed E-state index contributed by atoms with van der Waals surface area (Å²) < 4.78 is 46.1. The van der Waals surface area contributed by atoms with Crippen molar-refractivity contribution in [2.75, 3.05) is 32.8 Å². The first kappa shape index (κ1) is 24.1. The van der Waals surface area contributed by atoms with Crippen molar-refractivity contribution in [2.45, 2.75) is 36.0 Å². The summed E-state index contributed by atoms with van der Waals surface area (Å²) in [7, 11) is -3.76. The highest BCUT2D eigenvalue weighted by molar-refractivity contribution is 7.89. The number of ether oxygens (including phenoxy) is 1. The molecule has 2 aliphatic rings. The van der Waals surface area contributed by atoms with Crippen molar-refractivity contribution in [1.29, 1.82) is 0 Å². The summed E-state index contributed by atoms with van der Waals surface area (Å²) in [4.78, 5) is 16.8. The van der Waals surface area contributed by atoms with Gasteiger partial charge in [0.2, 0.25) is 15.9 Å². The highest BCUT2D eigenvalue weighted by Gasteiger charge is 2.37. The maximum absolute atomic E-state index is 13.4. The molecule has 10 heteroatoms. The molecule has 1 N–H and O–H groups in total. The predicted octanol–water partition coefficient (Wildman–Crippen LogP) is 3.14. The van der Waals surface area contributed by atoms with Gasteiger partial charge in [0.25, 0.3) is 0 Å². The summed E-state index contributed by atoms with van der Waals surface area (Å²) in [5.74, 6) is -0.648. The number of benzene rings is 1. The van der Waals surface area contributed by atoms with E-state index in [1.54, 1.807) is 12.1 Å². The van der Waals surface area contributed by atoms with E-state index in [1.165, 1.54) is 34.8 Å². The van der Waals surface area contributed by atoms with Gasteiger partial charge in [-0.15, -0.1) is 0 Å². The minimum absolute atomic E-state index is 0.0182. The number of nitrogens with zero attached hydrogens (tertiary/aromatic N) is 2. The largest absolute Gasteiger partial charge is 0.381 e. The van der Waals surface area contributed by atoms with Gasteiger partial charge >= 0.3 is 0 Å². The number of sulfonamides is 1. The van der Waals surface area contributed by atoms with Crippen LogP contribution in [-0.2, 0) is 25.0 Å². The molecule has 2 fully saturated rings. The summed E-state index contributed by atoms with van der Waals surface area (Å²) in [6, 6.07) is 9.41. The molecule has 1 aromatic heterocycles. The van der Waals surface area contributed by atoms with Crippen LogP contribution in [0.3, 0.4) is 0 Å². The number of carbonyl (C=O) groups is 1. The van der Waals surface area contributed by atoms with Crippen molar-refractivity contribution in [3.63, 3.8) is 0 Å². The summed E-state index contributed by atoms with van der Waals surface area (Å²) in [6.45, 7) is 2.08. The fraction of sp³-hybridized carbons (Fsp3) is 0.478. The van der Waals surface area contributed by atoms with Crippen LogP contribution in [0, 0.1) is 11.7 Å². The molecule has 1 aromatic carbocycles. The van der Waals surface area contributed by atoms with Crippen LogP contribution in [0.4, 0.5) is 4.39 Å². The van der Waals surface area contributed by atoms with Crippen LogP contribution in [-0.4, -0.2) is 56.5 Å². The molecule has 2 aliphatic heterocycles. The van der Waals surface area contributed by atoms with Crippen LogP contribution >= 0.6 is 11.6 Å². The maximum atomic E-state index is 13.4. The SMILES string of the molecule is O=C(NCC1(c2ccc(F)cc2)CCOCC1)C1CCN(S(=O)(=O)c2cccnc2Cl)CC1. The third-order valence-electron chi connectivity index (χ3n) is 6.67. The maximum Gasteiger partial charge on any atom is 0.246 e. The number of pyridine rings is 1. The second-order valence-corrected chi connectivity index (χ2v) is 10.9. The van der Waals surface area contributed by atoms with Crippen molar-refractivity contribution < 1.29 is 22.3 Å². The first-order valence-corrected chi connectivity index (χ1v) is 12.9. The van der Waals surface area contributed by atoms with Gasteiger partial charge in [-0.1, -0.05) is 23.7 Å². The van der Waals surface area contributed by atoms with Crippen molar-refractivity contribution in [3.8, 4) is 0 Å². The Morgan fingerprint density at radius 2 is 1.85 bits per heavy atom. The molecular formula is C23H27ClFN3O4S. The molecule has 0 aliphatic carbocycles. The lowest BCUT2D eigenvalue weighted by Gasteiger charge is -2.38. The van der Waals surface area contributed by atoms with E-state index in [0.29, 0.717) is 32.6 Å². The summed E-state index contributed by atoms with van der Waals surface area (Å²) >= 11 is 5.98. The molecule has 4 rings (SSSR count). The van der Waals surface area contributed by atoms with Crippen LogP contribution in [0.25, 0.3) is 0 Å². The lowest BCUT2D eigenvalue weighted by atomic mass is 9.74. The van der Waals surface area contributed by atoms with Gasteiger partial charge in [0.05, 0.1) is 0 Å². The normalized spacial score (nSPS) is 19.8. The van der Waals surface area contributed by atoms with E-state index in [4.69, 9.17) is 16.3 Å². The van der Waals surface area contributed by atoms with Gasteiger partial charge in [-0.05, 0) is 55.5 Å². The van der Waals surface area contributed by atoms with Crippen molar-refractivity contribution in [2.24, 2.45) is 5.92 Å². The van der Waals surface area contributed by atoms with Gasteiger partial charge in [-0.2, -0.15) is 4.31 Å². The van der Waals surface area contributed by atoms with Gasteiger partial charge in [-0.25, -0.2) is 17.8 Å². The molecule has 7 nitrogen and oxygen atoms in total. The number of carbonyl (C=O) groups excluding carboxylic acids is 1. The fourth-order valence-corrected chi connectivity index (χ4v) is 6.49. The smallest absolute Gasteiger partial charge is 0.246 e. The number of piperidine rings is 1. The Hall–Kier alpha value is -2.07. The average Bonchev–Trinajstić information content (AvgIpc) is 2.84. The van der Waals surface area contributed by atoms with Crippen LogP contribution in [0.5, 0.6) is 0 Å². The second kappa shape index (κ2) is 10.0. The topological polar surface area (TPSA) is 88.6 Å². The molecule has 2 saturated heterocycles. The number of hydrogen-bond donors (Lipinski definition) is 1. The zero-order chi connectivity index (χ0) is 23.5. The van der Waals surface area contributed by atoms with Gasteiger partial charge in [0.15, 0.2) is 0 Å². The molecule has 33 heavy (non-hydrogen) atoms. The van der Waals surface area contributed by atoms with Gasteiger partial charge < -0.3 is 10.1 Å². The third-order valence-corrected chi connectivity index (χ3v) is 9.02. The monoisotopic (exact) mass is 495 g/mol. The molecule has 0 radical (unpaired) electrons. The van der Waals surface area contributed by atoms with Gasteiger partial charge in [-0.3, -0.25) is 4.79 Å². The van der Waals surface area contributed by atoms with E-state index in [-0.39, 0.29) is 46.2 Å². The number of hydrogen-bond acceptors (Lipinski definition) is 5. The number of aromatic nitrogens is 1. The van der Waals surface area contributed by atoms with Crippen molar-refractivity contribution >= 4 is 27.5 Å². The third kappa shape index (κ3) is 5.21. The highest BCUT2D eigenvalue weighted by Crippen LogP contribution is 2.35. The minimum Gasteiger partial charge on any atom is -0.381 e. The predicted molar refractivity (Wildman–Crippen MR) is 122 cm³/mol. The Morgan fingerprint density at radius 3 is 2.48 bits per heavy atom. The van der Waals surface area contributed by atoms with E-state index in [1.807, 2.05) is 0 Å². The van der Waals surface area contributed by atoms with Gasteiger partial charge in [0, 0.05) is 50.4 Å². The average molecular weight is 496 g/mol. The van der Waals surface area contributed by atoms with Crippen molar-refractivity contribution in [1.82, 2.24) is 14.6 Å². The molecule has 0 bridgehead atoms. The Balaban J connectivity index is 1.38. The zero-order valence-corrected chi connectivity index (χ0v) is 19.7. The molecule has 178 valence electrons. The number of amides is 1. The Kier molecular flexibility index (Phi) is 7.33. The first-order valence-electron chi connectivity index (χ1n) is 11.0. The Labute approximate surface area is 198 Å². The van der Waals surface area contributed by atoms with E-state index >= 15 is 0 Å². The lowest BCUT2D eigenvalue weighted by Crippen LogP contribution is -2.48. The van der Waals surface area contributed by atoms with E-state index in [2.05, 4.69) is 10.3 Å². The van der Waals surface area contributed by atoms with Crippen LogP contribution in [0.1, 0.15) is 31.2 Å². The first-order chi connectivity index (χ1) is 15.8. The Bertz CT molecular complexity index is 1080. The van der Waals surface area contributed by atoms with Crippen molar-refractivity contribution in [3.05, 3.63) is 59.1 Å². The number of rotatable bonds is 6. The van der Waals surface area contributed by atoms with E-state index < -0.39 is 10.0 Å². The van der Waals surface area contributed by atoms with Crippen LogP contribution in [0.15, 0.2) is 47.5 Å². The summed E-state index contributed by atoms with van der Waals surface area (Å²) in [5.41, 5.74) is 0.685. The molecule has 1 amide bonds. The molecule has 0 atom stereocenters. The second-order valence-electron chi connectivity index (χ2n) is 8.59. The minimum atomic E-state index is -3.76.